The van der Waals surface area contributed by atoms with Gasteiger partial charge in [-0.05, 0) is 30.8 Å². The molecule has 2 aromatic heterocycles. The van der Waals surface area contributed by atoms with E-state index in [9.17, 15) is 0 Å². The molecule has 0 bridgehead atoms. The van der Waals surface area contributed by atoms with Gasteiger partial charge in [0, 0.05) is 25.1 Å². The van der Waals surface area contributed by atoms with Crippen molar-refractivity contribution in [3.8, 4) is 0 Å². The highest BCUT2D eigenvalue weighted by Gasteiger charge is 1.98. The van der Waals surface area contributed by atoms with Gasteiger partial charge >= 0.3 is 0 Å². The zero-order valence-electron chi connectivity index (χ0n) is 9.72. The lowest BCUT2D eigenvalue weighted by molar-refractivity contribution is 0.758. The second-order valence-corrected chi connectivity index (χ2v) is 3.60. The molecule has 2 heterocycles. The van der Waals surface area contributed by atoms with E-state index in [2.05, 4.69) is 25.6 Å². The van der Waals surface area contributed by atoms with Gasteiger partial charge in [0.15, 0.2) is 0 Å². The van der Waals surface area contributed by atoms with E-state index in [1.165, 1.54) is 5.56 Å². The van der Waals surface area contributed by atoms with Crippen molar-refractivity contribution in [2.45, 2.75) is 13.1 Å². The Bertz CT molecular complexity index is 457. The molecule has 0 aliphatic rings. The zero-order chi connectivity index (χ0) is 11.9. The van der Waals surface area contributed by atoms with Crippen LogP contribution >= 0.6 is 0 Å². The molecular weight excluding hydrogens is 214 g/mol. The van der Waals surface area contributed by atoms with Crippen LogP contribution in [0.4, 0.5) is 5.82 Å². The summed E-state index contributed by atoms with van der Waals surface area (Å²) in [4.78, 5) is 12.5. The molecule has 0 spiro atoms. The van der Waals surface area contributed by atoms with E-state index < -0.39 is 0 Å². The SMILES string of the molecule is CNCc1nccc(NCc2ccncc2)n1. The molecule has 0 saturated carbocycles. The molecule has 2 aromatic rings. The molecule has 5 heteroatoms. The predicted octanol–water partition coefficient (Wildman–Crippen LogP) is 1.20. The van der Waals surface area contributed by atoms with Gasteiger partial charge in [0.1, 0.15) is 11.6 Å². The van der Waals surface area contributed by atoms with Crippen LogP contribution in [0.3, 0.4) is 0 Å². The van der Waals surface area contributed by atoms with Gasteiger partial charge in [-0.15, -0.1) is 0 Å². The summed E-state index contributed by atoms with van der Waals surface area (Å²) >= 11 is 0. The van der Waals surface area contributed by atoms with Crippen molar-refractivity contribution in [1.82, 2.24) is 20.3 Å². The number of rotatable bonds is 5. The van der Waals surface area contributed by atoms with E-state index in [1.54, 1.807) is 18.6 Å². The first-order valence-corrected chi connectivity index (χ1v) is 5.48. The third-order valence-electron chi connectivity index (χ3n) is 2.26. The van der Waals surface area contributed by atoms with E-state index >= 15 is 0 Å². The van der Waals surface area contributed by atoms with Gasteiger partial charge in [-0.1, -0.05) is 0 Å². The number of anilines is 1. The normalized spacial score (nSPS) is 10.2. The third kappa shape index (κ3) is 3.49. The molecule has 0 aromatic carbocycles. The number of nitrogens with zero attached hydrogens (tertiary/aromatic N) is 3. The average Bonchev–Trinajstić information content (AvgIpc) is 2.39. The van der Waals surface area contributed by atoms with Crippen LogP contribution in [0.2, 0.25) is 0 Å². The smallest absolute Gasteiger partial charge is 0.144 e. The molecule has 0 atom stereocenters. The Balaban J connectivity index is 1.97. The lowest BCUT2D eigenvalue weighted by atomic mass is 10.3. The second-order valence-electron chi connectivity index (χ2n) is 3.60. The molecule has 2 N–H and O–H groups in total. The number of pyridine rings is 1. The zero-order valence-corrected chi connectivity index (χ0v) is 9.72. The van der Waals surface area contributed by atoms with Crippen molar-refractivity contribution in [3.63, 3.8) is 0 Å². The number of hydrogen-bond donors (Lipinski definition) is 2. The molecule has 0 fully saturated rings. The van der Waals surface area contributed by atoms with Crippen molar-refractivity contribution >= 4 is 5.82 Å². The minimum Gasteiger partial charge on any atom is -0.366 e. The van der Waals surface area contributed by atoms with Crippen molar-refractivity contribution in [2.24, 2.45) is 0 Å². The van der Waals surface area contributed by atoms with Crippen molar-refractivity contribution in [1.29, 1.82) is 0 Å². The van der Waals surface area contributed by atoms with Gasteiger partial charge in [-0.3, -0.25) is 4.98 Å². The fourth-order valence-electron chi connectivity index (χ4n) is 1.43. The maximum absolute atomic E-state index is 4.38. The Morgan fingerprint density at radius 2 is 1.88 bits per heavy atom. The van der Waals surface area contributed by atoms with E-state index in [0.29, 0.717) is 6.54 Å². The third-order valence-corrected chi connectivity index (χ3v) is 2.26. The first kappa shape index (κ1) is 11.5. The fraction of sp³-hybridized carbons (Fsp3) is 0.250. The van der Waals surface area contributed by atoms with Crippen LogP contribution in [0.1, 0.15) is 11.4 Å². The van der Waals surface area contributed by atoms with Crippen LogP contribution in [-0.2, 0) is 13.1 Å². The molecule has 2 rings (SSSR count). The largest absolute Gasteiger partial charge is 0.366 e. The highest BCUT2D eigenvalue weighted by molar-refractivity contribution is 5.34. The highest BCUT2D eigenvalue weighted by atomic mass is 15.0. The highest BCUT2D eigenvalue weighted by Crippen LogP contribution is 2.05. The Morgan fingerprint density at radius 1 is 1.06 bits per heavy atom. The quantitative estimate of drug-likeness (QED) is 0.806. The van der Waals surface area contributed by atoms with Crippen LogP contribution in [0, 0.1) is 0 Å². The van der Waals surface area contributed by atoms with E-state index in [0.717, 1.165) is 18.2 Å². The monoisotopic (exact) mass is 229 g/mol. The van der Waals surface area contributed by atoms with Crippen molar-refractivity contribution in [3.05, 3.63) is 48.2 Å². The number of nitrogens with one attached hydrogen (secondary N) is 2. The topological polar surface area (TPSA) is 62.7 Å². The molecule has 0 aliphatic carbocycles. The average molecular weight is 229 g/mol. The Kier molecular flexibility index (Phi) is 3.99. The first-order chi connectivity index (χ1) is 8.38. The summed E-state index contributed by atoms with van der Waals surface area (Å²) in [5.41, 5.74) is 1.17. The summed E-state index contributed by atoms with van der Waals surface area (Å²) in [5, 5.41) is 6.28. The molecule has 5 nitrogen and oxygen atoms in total. The van der Waals surface area contributed by atoms with Crippen LogP contribution in [0.5, 0.6) is 0 Å². The van der Waals surface area contributed by atoms with E-state index in [1.807, 2.05) is 25.2 Å². The van der Waals surface area contributed by atoms with Gasteiger partial charge in [0.05, 0.1) is 6.54 Å². The van der Waals surface area contributed by atoms with Gasteiger partial charge in [0.25, 0.3) is 0 Å². The molecule has 0 unspecified atom stereocenters. The second kappa shape index (κ2) is 5.91. The predicted molar refractivity (Wildman–Crippen MR) is 66.4 cm³/mol. The van der Waals surface area contributed by atoms with Crippen molar-refractivity contribution < 1.29 is 0 Å². The van der Waals surface area contributed by atoms with E-state index in [4.69, 9.17) is 0 Å². The summed E-state index contributed by atoms with van der Waals surface area (Å²) in [5.74, 6) is 1.62. The first-order valence-electron chi connectivity index (χ1n) is 5.48. The van der Waals surface area contributed by atoms with E-state index in [-0.39, 0.29) is 0 Å². The van der Waals surface area contributed by atoms with Gasteiger partial charge in [-0.2, -0.15) is 0 Å². The minimum atomic E-state index is 0.671. The Hall–Kier alpha value is -2.01. The van der Waals surface area contributed by atoms with Crippen LogP contribution < -0.4 is 10.6 Å². The molecule has 17 heavy (non-hydrogen) atoms. The Labute approximate surface area is 100 Å². The number of hydrogen-bond acceptors (Lipinski definition) is 5. The lowest BCUT2D eigenvalue weighted by Gasteiger charge is -2.06. The molecule has 88 valence electrons. The summed E-state index contributed by atoms with van der Waals surface area (Å²) in [6.45, 7) is 1.41. The summed E-state index contributed by atoms with van der Waals surface area (Å²) in [6.07, 6.45) is 5.32. The van der Waals surface area contributed by atoms with Crippen LogP contribution in [0.25, 0.3) is 0 Å². The summed E-state index contributed by atoms with van der Waals surface area (Å²) < 4.78 is 0. The summed E-state index contributed by atoms with van der Waals surface area (Å²) in [6, 6.07) is 5.81. The maximum Gasteiger partial charge on any atom is 0.144 e. The molecule has 0 radical (unpaired) electrons. The van der Waals surface area contributed by atoms with Gasteiger partial charge in [-0.25, -0.2) is 9.97 Å². The fourth-order valence-corrected chi connectivity index (χ4v) is 1.43. The minimum absolute atomic E-state index is 0.671. The van der Waals surface area contributed by atoms with Gasteiger partial charge < -0.3 is 10.6 Å². The van der Waals surface area contributed by atoms with Crippen LogP contribution in [0.15, 0.2) is 36.8 Å². The molecule has 0 saturated heterocycles. The Morgan fingerprint density at radius 3 is 2.65 bits per heavy atom. The van der Waals surface area contributed by atoms with Gasteiger partial charge in [0.2, 0.25) is 0 Å². The molecular formula is C12H15N5. The summed E-state index contributed by atoms with van der Waals surface area (Å²) in [7, 11) is 1.88. The maximum atomic E-state index is 4.38. The molecule has 0 aliphatic heterocycles. The van der Waals surface area contributed by atoms with Crippen molar-refractivity contribution in [2.75, 3.05) is 12.4 Å². The lowest BCUT2D eigenvalue weighted by Crippen LogP contribution is -2.10. The standard InChI is InChI=1S/C12H15N5/c1-13-9-12-15-7-4-11(17-12)16-8-10-2-5-14-6-3-10/h2-7,13H,8-9H2,1H3,(H,15,16,17). The number of aromatic nitrogens is 3. The van der Waals surface area contributed by atoms with Crippen LogP contribution in [-0.4, -0.2) is 22.0 Å². The molecule has 0 amide bonds.